The average Bonchev–Trinajstić information content (AvgIpc) is 2.82. The maximum Gasteiger partial charge on any atom is 0.152 e. The lowest BCUT2D eigenvalue weighted by Crippen LogP contribution is -1.99. The van der Waals surface area contributed by atoms with E-state index < -0.39 is 0 Å². The van der Waals surface area contributed by atoms with E-state index in [0.717, 1.165) is 33.8 Å². The monoisotopic (exact) mass is 313 g/mol. The summed E-state index contributed by atoms with van der Waals surface area (Å²) in [5.74, 6) is 0. The van der Waals surface area contributed by atoms with Crippen molar-refractivity contribution in [3.8, 4) is 0 Å². The fourth-order valence-corrected chi connectivity index (χ4v) is 2.80. The van der Waals surface area contributed by atoms with Crippen LogP contribution in [0.1, 0.15) is 15.9 Å². The predicted molar refractivity (Wildman–Crippen MR) is 80.6 cm³/mol. The first-order valence-electron chi connectivity index (χ1n) is 6.05. The Morgan fingerprint density at radius 3 is 2.74 bits per heavy atom. The average molecular weight is 314 g/mol. The summed E-state index contributed by atoms with van der Waals surface area (Å²) < 4.78 is 3.18. The van der Waals surface area contributed by atoms with Gasteiger partial charge in [-0.2, -0.15) is 0 Å². The number of para-hydroxylation sites is 1. The molecule has 0 unspecified atom stereocenters. The molecule has 0 aliphatic carbocycles. The summed E-state index contributed by atoms with van der Waals surface area (Å²) in [5.41, 5.74) is 2.93. The highest BCUT2D eigenvalue weighted by molar-refractivity contribution is 9.10. The smallest absolute Gasteiger partial charge is 0.152 e. The van der Waals surface area contributed by atoms with Gasteiger partial charge in [0, 0.05) is 28.2 Å². The third-order valence-corrected chi connectivity index (χ3v) is 3.68. The molecule has 0 aliphatic rings. The number of aldehydes is 1. The highest BCUT2D eigenvalue weighted by Crippen LogP contribution is 2.21. The van der Waals surface area contributed by atoms with Crippen LogP contribution in [0.3, 0.4) is 0 Å². The quantitative estimate of drug-likeness (QED) is 0.662. The highest BCUT2D eigenvalue weighted by Gasteiger charge is 2.06. The Morgan fingerprint density at radius 2 is 1.95 bits per heavy atom. The van der Waals surface area contributed by atoms with Gasteiger partial charge >= 0.3 is 0 Å². The molecule has 19 heavy (non-hydrogen) atoms. The summed E-state index contributed by atoms with van der Waals surface area (Å²) in [5, 5.41) is 1.10. The van der Waals surface area contributed by atoms with Crippen molar-refractivity contribution in [2.75, 3.05) is 0 Å². The zero-order chi connectivity index (χ0) is 13.2. The van der Waals surface area contributed by atoms with Gasteiger partial charge in [0.1, 0.15) is 0 Å². The van der Waals surface area contributed by atoms with Crippen LogP contribution in [0.5, 0.6) is 0 Å². The number of carbonyl (C=O) groups excluding carboxylic acids is 1. The zero-order valence-electron chi connectivity index (χ0n) is 10.2. The van der Waals surface area contributed by atoms with E-state index in [0.29, 0.717) is 0 Å². The van der Waals surface area contributed by atoms with Crippen molar-refractivity contribution < 1.29 is 4.79 Å². The Hall–Kier alpha value is -1.87. The molecule has 2 aromatic carbocycles. The number of aromatic nitrogens is 1. The predicted octanol–water partition coefficient (Wildman–Crippen LogP) is 4.26. The van der Waals surface area contributed by atoms with E-state index in [4.69, 9.17) is 0 Å². The highest BCUT2D eigenvalue weighted by atomic mass is 79.9. The molecule has 0 N–H and O–H groups in total. The second-order valence-corrected chi connectivity index (χ2v) is 5.39. The van der Waals surface area contributed by atoms with Gasteiger partial charge in [0.2, 0.25) is 0 Å². The minimum Gasteiger partial charge on any atom is -0.342 e. The normalized spacial score (nSPS) is 10.8. The van der Waals surface area contributed by atoms with Crippen LogP contribution in [0.4, 0.5) is 0 Å². The first-order valence-corrected chi connectivity index (χ1v) is 6.85. The van der Waals surface area contributed by atoms with Gasteiger partial charge in [-0.05, 0) is 29.8 Å². The van der Waals surface area contributed by atoms with Crippen molar-refractivity contribution in [2.24, 2.45) is 0 Å². The van der Waals surface area contributed by atoms with E-state index >= 15 is 0 Å². The van der Waals surface area contributed by atoms with Crippen LogP contribution in [0, 0.1) is 0 Å². The van der Waals surface area contributed by atoms with E-state index in [-0.39, 0.29) is 0 Å². The van der Waals surface area contributed by atoms with Gasteiger partial charge in [-0.3, -0.25) is 4.79 Å². The molecule has 0 spiro atoms. The van der Waals surface area contributed by atoms with E-state index in [1.54, 1.807) is 0 Å². The maximum atomic E-state index is 11.2. The number of halogens is 1. The number of carbonyl (C=O) groups is 1. The van der Waals surface area contributed by atoms with Crippen LogP contribution >= 0.6 is 15.9 Å². The summed E-state index contributed by atoms with van der Waals surface area (Å²) in [6.07, 6.45) is 2.94. The lowest BCUT2D eigenvalue weighted by Gasteiger charge is -2.07. The first kappa shape index (κ1) is 12.2. The van der Waals surface area contributed by atoms with Crippen molar-refractivity contribution >= 4 is 33.1 Å². The topological polar surface area (TPSA) is 22.0 Å². The van der Waals surface area contributed by atoms with Crippen LogP contribution in [0.25, 0.3) is 10.9 Å². The third-order valence-electron chi connectivity index (χ3n) is 3.19. The summed E-state index contributed by atoms with van der Waals surface area (Å²) in [4.78, 5) is 11.2. The molecule has 0 saturated carbocycles. The summed E-state index contributed by atoms with van der Waals surface area (Å²) in [6.45, 7) is 0.758. The molecule has 1 heterocycles. The molecule has 2 nitrogen and oxygen atoms in total. The minimum atomic E-state index is 0.734. The summed E-state index contributed by atoms with van der Waals surface area (Å²) in [6, 6.07) is 16.0. The molecule has 3 heteroatoms. The van der Waals surface area contributed by atoms with Crippen molar-refractivity contribution in [2.45, 2.75) is 6.54 Å². The summed E-state index contributed by atoms with van der Waals surface area (Å²) >= 11 is 3.48. The van der Waals surface area contributed by atoms with Gasteiger partial charge < -0.3 is 4.57 Å². The molecule has 3 rings (SSSR count). The Bertz CT molecular complexity index is 745. The fraction of sp³-hybridized carbons (Fsp3) is 0.0625. The lowest BCUT2D eigenvalue weighted by atomic mass is 10.1. The minimum absolute atomic E-state index is 0.734. The van der Waals surface area contributed by atoms with Crippen LogP contribution in [-0.2, 0) is 6.54 Å². The van der Waals surface area contributed by atoms with Crippen molar-refractivity contribution in [3.63, 3.8) is 0 Å². The number of hydrogen-bond acceptors (Lipinski definition) is 1. The number of nitrogens with zero attached hydrogens (tertiary/aromatic N) is 1. The number of fused-ring (bicyclic) bond motifs is 1. The number of hydrogen-bond donors (Lipinski definition) is 0. The van der Waals surface area contributed by atoms with Crippen molar-refractivity contribution in [1.29, 1.82) is 0 Å². The molecule has 0 amide bonds. The van der Waals surface area contributed by atoms with Crippen LogP contribution in [0.15, 0.2) is 59.2 Å². The molecule has 3 aromatic rings. The van der Waals surface area contributed by atoms with E-state index in [1.165, 1.54) is 5.56 Å². The maximum absolute atomic E-state index is 11.2. The molecule has 0 radical (unpaired) electrons. The standard InChI is InChI=1S/C16H12BrNO/c17-15-6-1-3-12(9-15)10-18-8-7-13-4-2-5-14(11-19)16(13)18/h1-9,11H,10H2. The molecule has 0 atom stereocenters. The third kappa shape index (κ3) is 2.34. The summed E-state index contributed by atoms with van der Waals surface area (Å²) in [7, 11) is 0. The van der Waals surface area contributed by atoms with Gasteiger partial charge in [0.25, 0.3) is 0 Å². The molecule has 0 fully saturated rings. The van der Waals surface area contributed by atoms with E-state index in [9.17, 15) is 4.79 Å². The van der Waals surface area contributed by atoms with E-state index in [1.807, 2.05) is 42.6 Å². The van der Waals surface area contributed by atoms with Crippen LogP contribution in [-0.4, -0.2) is 10.9 Å². The second kappa shape index (κ2) is 5.02. The van der Waals surface area contributed by atoms with Gasteiger partial charge in [0.15, 0.2) is 6.29 Å². The Balaban J connectivity index is 2.08. The molecule has 0 bridgehead atoms. The van der Waals surface area contributed by atoms with Gasteiger partial charge in [0.05, 0.1) is 5.52 Å². The van der Waals surface area contributed by atoms with E-state index in [2.05, 4.69) is 32.6 Å². The fourth-order valence-electron chi connectivity index (χ4n) is 2.35. The lowest BCUT2D eigenvalue weighted by molar-refractivity contribution is 0.112. The number of rotatable bonds is 3. The Morgan fingerprint density at radius 1 is 1.11 bits per heavy atom. The van der Waals surface area contributed by atoms with Gasteiger partial charge in [-0.15, -0.1) is 0 Å². The molecule has 0 aliphatic heterocycles. The molecular formula is C16H12BrNO. The SMILES string of the molecule is O=Cc1cccc2ccn(Cc3cccc(Br)c3)c12. The zero-order valence-corrected chi connectivity index (χ0v) is 11.8. The molecular weight excluding hydrogens is 302 g/mol. The van der Waals surface area contributed by atoms with Crippen molar-refractivity contribution in [3.05, 3.63) is 70.3 Å². The first-order chi connectivity index (χ1) is 9.28. The van der Waals surface area contributed by atoms with Crippen LogP contribution < -0.4 is 0 Å². The molecule has 94 valence electrons. The molecule has 0 saturated heterocycles. The van der Waals surface area contributed by atoms with Gasteiger partial charge in [-0.25, -0.2) is 0 Å². The Labute approximate surface area is 119 Å². The van der Waals surface area contributed by atoms with Crippen LogP contribution in [0.2, 0.25) is 0 Å². The molecule has 1 aromatic heterocycles. The largest absolute Gasteiger partial charge is 0.342 e. The van der Waals surface area contributed by atoms with Crippen molar-refractivity contribution in [1.82, 2.24) is 4.57 Å². The number of benzene rings is 2. The second-order valence-electron chi connectivity index (χ2n) is 4.48. The Kier molecular flexibility index (Phi) is 3.22. The van der Waals surface area contributed by atoms with Gasteiger partial charge in [-0.1, -0.05) is 40.2 Å².